The van der Waals surface area contributed by atoms with E-state index < -0.39 is 24.2 Å². The molecular formula is C20H17ClF3N5O2. The van der Waals surface area contributed by atoms with Gasteiger partial charge in [-0.2, -0.15) is 18.3 Å². The van der Waals surface area contributed by atoms with Gasteiger partial charge in [-0.05, 0) is 29.8 Å². The van der Waals surface area contributed by atoms with Crippen LogP contribution in [0.25, 0.3) is 0 Å². The Kier molecular flexibility index (Phi) is 5.48. The Morgan fingerprint density at radius 1 is 1.29 bits per heavy atom. The minimum atomic E-state index is -4.59. The molecule has 1 aliphatic heterocycles. The van der Waals surface area contributed by atoms with Gasteiger partial charge in [0.25, 0.3) is 5.91 Å². The average molecular weight is 452 g/mol. The molecule has 0 bridgehead atoms. The SMILES string of the molecule is COc1ccc([C@@H]2C[C@@H](C(F)(F)F)n3nc(C(=O)Nc4cccnc4)c(Cl)c3N2)cc1. The van der Waals surface area contributed by atoms with Gasteiger partial charge in [0.2, 0.25) is 0 Å². The van der Waals surface area contributed by atoms with Gasteiger partial charge in [-0.1, -0.05) is 23.7 Å². The number of aromatic nitrogens is 3. The van der Waals surface area contributed by atoms with Crippen LogP contribution in [0.15, 0.2) is 48.8 Å². The van der Waals surface area contributed by atoms with E-state index in [-0.39, 0.29) is 23.0 Å². The largest absolute Gasteiger partial charge is 0.497 e. The summed E-state index contributed by atoms with van der Waals surface area (Å²) in [6.45, 7) is 0. The molecular weight excluding hydrogens is 435 g/mol. The Bertz CT molecular complexity index is 1090. The second kappa shape index (κ2) is 8.10. The Morgan fingerprint density at radius 3 is 2.65 bits per heavy atom. The third kappa shape index (κ3) is 4.15. The number of fused-ring (bicyclic) bond motifs is 1. The smallest absolute Gasteiger partial charge is 0.410 e. The number of hydrogen-bond donors (Lipinski definition) is 2. The number of nitrogens with zero attached hydrogens (tertiary/aromatic N) is 3. The number of pyridine rings is 1. The van der Waals surface area contributed by atoms with Crippen LogP contribution in [-0.2, 0) is 0 Å². The number of methoxy groups -OCH3 is 1. The molecule has 3 aromatic rings. The van der Waals surface area contributed by atoms with Crippen LogP contribution in [-0.4, -0.2) is 34.0 Å². The normalized spacial score (nSPS) is 18.1. The van der Waals surface area contributed by atoms with Crippen LogP contribution in [0.4, 0.5) is 24.7 Å². The summed E-state index contributed by atoms with van der Waals surface area (Å²) in [6.07, 6.45) is -1.98. The van der Waals surface area contributed by atoms with Crippen molar-refractivity contribution in [3.8, 4) is 5.75 Å². The molecule has 2 atom stereocenters. The molecule has 162 valence electrons. The molecule has 0 aliphatic carbocycles. The van der Waals surface area contributed by atoms with Crippen LogP contribution in [0.3, 0.4) is 0 Å². The summed E-state index contributed by atoms with van der Waals surface area (Å²) in [6, 6.07) is 7.25. The minimum Gasteiger partial charge on any atom is -0.497 e. The zero-order chi connectivity index (χ0) is 22.2. The molecule has 0 spiro atoms. The van der Waals surface area contributed by atoms with E-state index >= 15 is 0 Å². The van der Waals surface area contributed by atoms with E-state index in [1.54, 1.807) is 36.4 Å². The number of rotatable bonds is 4. The zero-order valence-electron chi connectivity index (χ0n) is 16.2. The lowest BCUT2D eigenvalue weighted by Crippen LogP contribution is -2.35. The first kappa shape index (κ1) is 21.0. The van der Waals surface area contributed by atoms with E-state index in [2.05, 4.69) is 20.7 Å². The molecule has 3 heterocycles. The van der Waals surface area contributed by atoms with E-state index in [1.165, 1.54) is 19.5 Å². The summed E-state index contributed by atoms with van der Waals surface area (Å²) in [7, 11) is 1.50. The quantitative estimate of drug-likeness (QED) is 0.592. The van der Waals surface area contributed by atoms with Gasteiger partial charge in [-0.25, -0.2) is 4.68 Å². The maximum atomic E-state index is 13.9. The standard InChI is InChI=1S/C20H17ClF3N5O2/c1-31-13-6-4-11(5-7-13)14-9-15(20(22,23)24)29-18(27-14)16(21)17(28-29)19(30)26-12-3-2-8-25-10-12/h2-8,10,14-15,27H,9H2,1H3,(H,26,30)/t14-,15-/m0/s1. The number of carbonyl (C=O) groups excluding carboxylic acids is 1. The number of halogens is 4. The number of ether oxygens (including phenoxy) is 1. The lowest BCUT2D eigenvalue weighted by molar-refractivity contribution is -0.173. The minimum absolute atomic E-state index is 0.0626. The average Bonchev–Trinajstić information content (AvgIpc) is 3.10. The van der Waals surface area contributed by atoms with E-state index in [9.17, 15) is 18.0 Å². The van der Waals surface area contributed by atoms with Gasteiger partial charge in [0, 0.05) is 12.6 Å². The maximum absolute atomic E-state index is 13.9. The Labute approximate surface area is 180 Å². The number of amides is 1. The van der Waals surface area contributed by atoms with Crippen molar-refractivity contribution in [2.45, 2.75) is 24.7 Å². The molecule has 2 aromatic heterocycles. The van der Waals surface area contributed by atoms with Crippen LogP contribution in [0, 0.1) is 0 Å². The third-order valence-corrected chi connectivity index (χ3v) is 5.31. The third-order valence-electron chi connectivity index (χ3n) is 4.95. The summed E-state index contributed by atoms with van der Waals surface area (Å²) in [5, 5.41) is 9.24. The number of hydrogen-bond acceptors (Lipinski definition) is 5. The maximum Gasteiger partial charge on any atom is 0.410 e. The Balaban J connectivity index is 1.69. The van der Waals surface area contributed by atoms with Crippen molar-refractivity contribution in [2.24, 2.45) is 0 Å². The van der Waals surface area contributed by atoms with E-state index in [0.717, 1.165) is 4.68 Å². The fraction of sp³-hybridized carbons (Fsp3) is 0.250. The van der Waals surface area contributed by atoms with Crippen molar-refractivity contribution < 1.29 is 22.7 Å². The van der Waals surface area contributed by atoms with Crippen LogP contribution in [0.5, 0.6) is 5.75 Å². The molecule has 0 radical (unpaired) electrons. The highest BCUT2D eigenvalue weighted by Gasteiger charge is 2.47. The van der Waals surface area contributed by atoms with Gasteiger partial charge in [-0.3, -0.25) is 9.78 Å². The van der Waals surface area contributed by atoms with Gasteiger partial charge in [0.15, 0.2) is 11.7 Å². The fourth-order valence-corrected chi connectivity index (χ4v) is 3.68. The molecule has 1 aromatic carbocycles. The molecule has 0 saturated carbocycles. The van der Waals surface area contributed by atoms with Crippen molar-refractivity contribution >= 4 is 29.0 Å². The first-order valence-electron chi connectivity index (χ1n) is 9.24. The molecule has 2 N–H and O–H groups in total. The highest BCUT2D eigenvalue weighted by atomic mass is 35.5. The van der Waals surface area contributed by atoms with Crippen molar-refractivity contribution in [1.29, 1.82) is 0 Å². The van der Waals surface area contributed by atoms with Crippen LogP contribution < -0.4 is 15.4 Å². The molecule has 0 saturated heterocycles. The van der Waals surface area contributed by atoms with Gasteiger partial charge in [0.05, 0.1) is 25.0 Å². The summed E-state index contributed by atoms with van der Waals surface area (Å²) < 4.78 is 47.4. The number of carbonyl (C=O) groups is 1. The molecule has 0 fully saturated rings. The van der Waals surface area contributed by atoms with Gasteiger partial charge in [0.1, 0.15) is 16.6 Å². The van der Waals surface area contributed by atoms with Crippen LogP contribution in [0.1, 0.15) is 34.6 Å². The van der Waals surface area contributed by atoms with Crippen LogP contribution in [0.2, 0.25) is 5.02 Å². The monoisotopic (exact) mass is 451 g/mol. The summed E-state index contributed by atoms with van der Waals surface area (Å²) >= 11 is 6.31. The predicted octanol–water partition coefficient (Wildman–Crippen LogP) is 4.85. The lowest BCUT2D eigenvalue weighted by atomic mass is 9.97. The number of nitrogens with one attached hydrogen (secondary N) is 2. The topological polar surface area (TPSA) is 81.1 Å². The van der Waals surface area contributed by atoms with Gasteiger partial charge >= 0.3 is 6.18 Å². The molecule has 1 amide bonds. The second-order valence-electron chi connectivity index (χ2n) is 6.91. The molecule has 0 unspecified atom stereocenters. The second-order valence-corrected chi connectivity index (χ2v) is 7.29. The summed E-state index contributed by atoms with van der Waals surface area (Å²) in [5.41, 5.74) is 0.684. The first-order chi connectivity index (χ1) is 14.8. The zero-order valence-corrected chi connectivity index (χ0v) is 16.9. The van der Waals surface area contributed by atoms with Gasteiger partial charge in [-0.15, -0.1) is 0 Å². The van der Waals surface area contributed by atoms with E-state index in [1.807, 2.05) is 0 Å². The highest BCUT2D eigenvalue weighted by Crippen LogP contribution is 2.46. The summed E-state index contributed by atoms with van der Waals surface area (Å²) in [5.74, 6) is -0.208. The van der Waals surface area contributed by atoms with Crippen molar-refractivity contribution in [3.63, 3.8) is 0 Å². The molecule has 4 rings (SSSR count). The van der Waals surface area contributed by atoms with Gasteiger partial charge < -0.3 is 15.4 Å². The Hall–Kier alpha value is -3.27. The van der Waals surface area contributed by atoms with E-state index in [0.29, 0.717) is 17.0 Å². The van der Waals surface area contributed by atoms with Crippen molar-refractivity contribution in [2.75, 3.05) is 17.7 Å². The highest BCUT2D eigenvalue weighted by molar-refractivity contribution is 6.36. The van der Waals surface area contributed by atoms with E-state index in [4.69, 9.17) is 16.3 Å². The lowest BCUT2D eigenvalue weighted by Gasteiger charge is -2.33. The molecule has 11 heteroatoms. The number of alkyl halides is 3. The molecule has 31 heavy (non-hydrogen) atoms. The Morgan fingerprint density at radius 2 is 2.03 bits per heavy atom. The summed E-state index contributed by atoms with van der Waals surface area (Å²) in [4.78, 5) is 16.5. The van der Waals surface area contributed by atoms with Crippen molar-refractivity contribution in [1.82, 2.24) is 14.8 Å². The fourth-order valence-electron chi connectivity index (χ4n) is 3.42. The van der Waals surface area contributed by atoms with Crippen LogP contribution >= 0.6 is 11.6 Å². The molecule has 7 nitrogen and oxygen atoms in total. The number of benzene rings is 1. The van der Waals surface area contributed by atoms with Crippen molar-refractivity contribution in [3.05, 3.63) is 65.1 Å². The predicted molar refractivity (Wildman–Crippen MR) is 108 cm³/mol. The molecule has 1 aliphatic rings. The number of anilines is 2. The first-order valence-corrected chi connectivity index (χ1v) is 9.62.